The van der Waals surface area contributed by atoms with Crippen LogP contribution in [0, 0.1) is 5.92 Å². The Bertz CT molecular complexity index is 133. The summed E-state index contributed by atoms with van der Waals surface area (Å²) in [5.41, 5.74) is 0. The normalized spacial score (nSPS) is 11.6. The maximum Gasteiger partial charge on any atom is 0.180 e. The van der Waals surface area contributed by atoms with Gasteiger partial charge < -0.3 is 18.9 Å². The Morgan fingerprint density at radius 2 is 1.31 bits per heavy atom. The molecular weight excluding hydrogens is 208 g/mol. The molecule has 0 aromatic heterocycles. The van der Waals surface area contributed by atoms with Crippen molar-refractivity contribution in [3.05, 3.63) is 0 Å². The van der Waals surface area contributed by atoms with Crippen molar-refractivity contribution >= 4 is 0 Å². The minimum atomic E-state index is -0.250. The topological polar surface area (TPSA) is 36.9 Å². The van der Waals surface area contributed by atoms with Crippen LogP contribution >= 0.6 is 0 Å². The van der Waals surface area contributed by atoms with Crippen LogP contribution in [0.25, 0.3) is 0 Å². The molecule has 0 spiro atoms. The summed E-state index contributed by atoms with van der Waals surface area (Å²) >= 11 is 0. The van der Waals surface area contributed by atoms with Gasteiger partial charge >= 0.3 is 0 Å². The smallest absolute Gasteiger partial charge is 0.180 e. The summed E-state index contributed by atoms with van der Waals surface area (Å²) in [5.74, 6) is 0.569. The van der Waals surface area contributed by atoms with Crippen molar-refractivity contribution in [3.63, 3.8) is 0 Å². The van der Waals surface area contributed by atoms with E-state index in [4.69, 9.17) is 18.9 Å². The first-order valence-electron chi connectivity index (χ1n) is 6.09. The van der Waals surface area contributed by atoms with Gasteiger partial charge in [-0.1, -0.05) is 13.8 Å². The first kappa shape index (κ1) is 15.8. The Kier molecular flexibility index (Phi) is 11.2. The molecule has 0 heterocycles. The lowest BCUT2D eigenvalue weighted by Crippen LogP contribution is -2.24. The van der Waals surface area contributed by atoms with E-state index in [-0.39, 0.29) is 6.29 Å². The third-order valence-electron chi connectivity index (χ3n) is 1.78. The molecule has 0 amide bonds. The van der Waals surface area contributed by atoms with Gasteiger partial charge in [-0.05, 0) is 19.8 Å². The van der Waals surface area contributed by atoms with E-state index in [2.05, 4.69) is 13.8 Å². The standard InChI is InChI=1S/C12H26O4/c1-5-15-12(16-6-2)10-14-8-7-13-9-11(3)4/h11-12H,5-10H2,1-4H3. The van der Waals surface area contributed by atoms with Gasteiger partial charge in [0.25, 0.3) is 0 Å². The summed E-state index contributed by atoms with van der Waals surface area (Å²) in [6, 6.07) is 0. The molecular formula is C12H26O4. The van der Waals surface area contributed by atoms with Crippen LogP contribution in [0.15, 0.2) is 0 Å². The van der Waals surface area contributed by atoms with Crippen LogP contribution in [0.5, 0.6) is 0 Å². The molecule has 0 fully saturated rings. The van der Waals surface area contributed by atoms with Crippen molar-refractivity contribution in [3.8, 4) is 0 Å². The quantitative estimate of drug-likeness (QED) is 0.405. The molecule has 0 saturated carbocycles. The predicted molar refractivity (Wildman–Crippen MR) is 63.5 cm³/mol. The average Bonchev–Trinajstić information content (AvgIpc) is 2.23. The Labute approximate surface area is 99.2 Å². The average molecular weight is 234 g/mol. The van der Waals surface area contributed by atoms with Gasteiger partial charge in [0, 0.05) is 19.8 Å². The number of hydrogen-bond donors (Lipinski definition) is 0. The molecule has 0 aliphatic heterocycles. The monoisotopic (exact) mass is 234 g/mol. The second kappa shape index (κ2) is 11.3. The summed E-state index contributed by atoms with van der Waals surface area (Å²) in [4.78, 5) is 0. The van der Waals surface area contributed by atoms with Crippen LogP contribution in [-0.4, -0.2) is 45.9 Å². The Morgan fingerprint density at radius 3 is 1.75 bits per heavy atom. The third-order valence-corrected chi connectivity index (χ3v) is 1.78. The zero-order valence-corrected chi connectivity index (χ0v) is 11.0. The van der Waals surface area contributed by atoms with E-state index in [1.807, 2.05) is 13.8 Å². The van der Waals surface area contributed by atoms with Gasteiger partial charge in [0.2, 0.25) is 0 Å². The summed E-state index contributed by atoms with van der Waals surface area (Å²) in [6.45, 7) is 11.9. The van der Waals surface area contributed by atoms with Crippen LogP contribution < -0.4 is 0 Å². The molecule has 0 N–H and O–H groups in total. The number of hydrogen-bond acceptors (Lipinski definition) is 4. The van der Waals surface area contributed by atoms with Crippen LogP contribution in [0.4, 0.5) is 0 Å². The molecule has 0 bridgehead atoms. The maximum atomic E-state index is 5.41. The summed E-state index contributed by atoms with van der Waals surface area (Å²) < 4.78 is 21.5. The van der Waals surface area contributed by atoms with E-state index < -0.39 is 0 Å². The van der Waals surface area contributed by atoms with E-state index in [1.165, 1.54) is 0 Å². The molecule has 0 rings (SSSR count). The Balaban J connectivity index is 3.32. The lowest BCUT2D eigenvalue weighted by molar-refractivity contribution is -0.169. The molecule has 0 aliphatic rings. The van der Waals surface area contributed by atoms with Crippen LogP contribution in [0.3, 0.4) is 0 Å². The molecule has 0 radical (unpaired) electrons. The second-order valence-corrected chi connectivity index (χ2v) is 3.88. The van der Waals surface area contributed by atoms with Gasteiger partial charge in [-0.25, -0.2) is 0 Å². The molecule has 16 heavy (non-hydrogen) atoms. The van der Waals surface area contributed by atoms with Crippen molar-refractivity contribution in [1.29, 1.82) is 0 Å². The third kappa shape index (κ3) is 10.4. The van der Waals surface area contributed by atoms with Crippen molar-refractivity contribution in [2.45, 2.75) is 34.0 Å². The summed E-state index contributed by atoms with van der Waals surface area (Å²) in [5, 5.41) is 0. The molecule has 98 valence electrons. The van der Waals surface area contributed by atoms with Crippen LogP contribution in [0.1, 0.15) is 27.7 Å². The van der Waals surface area contributed by atoms with E-state index in [1.54, 1.807) is 0 Å². The molecule has 0 aromatic rings. The summed E-state index contributed by atoms with van der Waals surface area (Å²) in [7, 11) is 0. The van der Waals surface area contributed by atoms with Crippen molar-refractivity contribution in [2.24, 2.45) is 5.92 Å². The van der Waals surface area contributed by atoms with Crippen molar-refractivity contribution in [1.82, 2.24) is 0 Å². The minimum absolute atomic E-state index is 0.250. The molecule has 4 heteroatoms. The first-order valence-corrected chi connectivity index (χ1v) is 6.09. The highest BCUT2D eigenvalue weighted by Crippen LogP contribution is 1.97. The molecule has 0 aromatic carbocycles. The molecule has 0 unspecified atom stereocenters. The fourth-order valence-corrected chi connectivity index (χ4v) is 1.13. The van der Waals surface area contributed by atoms with Gasteiger partial charge in [-0.2, -0.15) is 0 Å². The van der Waals surface area contributed by atoms with Gasteiger partial charge in [0.15, 0.2) is 6.29 Å². The van der Waals surface area contributed by atoms with E-state index >= 15 is 0 Å². The second-order valence-electron chi connectivity index (χ2n) is 3.88. The minimum Gasteiger partial charge on any atom is -0.379 e. The highest BCUT2D eigenvalue weighted by atomic mass is 16.7. The first-order chi connectivity index (χ1) is 7.70. The number of ether oxygens (including phenoxy) is 4. The van der Waals surface area contributed by atoms with Crippen LogP contribution in [-0.2, 0) is 18.9 Å². The zero-order chi connectivity index (χ0) is 12.2. The molecule has 0 saturated heterocycles. The highest BCUT2D eigenvalue weighted by Gasteiger charge is 2.07. The molecule has 4 nitrogen and oxygen atoms in total. The number of rotatable bonds is 11. The van der Waals surface area contributed by atoms with Crippen molar-refractivity contribution in [2.75, 3.05) is 39.6 Å². The van der Waals surface area contributed by atoms with Gasteiger partial charge in [0.05, 0.1) is 19.8 Å². The van der Waals surface area contributed by atoms with Gasteiger partial charge in [-0.3, -0.25) is 0 Å². The SMILES string of the molecule is CCOC(COCCOCC(C)C)OCC. The fourth-order valence-electron chi connectivity index (χ4n) is 1.13. The zero-order valence-electron chi connectivity index (χ0n) is 11.0. The van der Waals surface area contributed by atoms with Gasteiger partial charge in [0.1, 0.15) is 0 Å². The predicted octanol–water partition coefficient (Wildman–Crippen LogP) is 2.07. The Hall–Kier alpha value is -0.160. The van der Waals surface area contributed by atoms with Crippen LogP contribution in [0.2, 0.25) is 0 Å². The van der Waals surface area contributed by atoms with Gasteiger partial charge in [-0.15, -0.1) is 0 Å². The molecule has 0 aliphatic carbocycles. The van der Waals surface area contributed by atoms with Crippen molar-refractivity contribution < 1.29 is 18.9 Å². The van der Waals surface area contributed by atoms with E-state index in [9.17, 15) is 0 Å². The highest BCUT2D eigenvalue weighted by molar-refractivity contribution is 4.43. The lowest BCUT2D eigenvalue weighted by Gasteiger charge is -2.16. The van der Waals surface area contributed by atoms with E-state index in [0.29, 0.717) is 39.0 Å². The summed E-state index contributed by atoms with van der Waals surface area (Å²) in [6.07, 6.45) is -0.250. The largest absolute Gasteiger partial charge is 0.379 e. The molecule has 0 atom stereocenters. The fraction of sp³-hybridized carbons (Fsp3) is 1.00. The lowest BCUT2D eigenvalue weighted by atomic mass is 10.2. The van der Waals surface area contributed by atoms with E-state index in [0.717, 1.165) is 6.61 Å². The maximum absolute atomic E-state index is 5.41. The Morgan fingerprint density at radius 1 is 0.812 bits per heavy atom.